The molecule has 1 heterocycles. The topological polar surface area (TPSA) is 61.4 Å². The van der Waals surface area contributed by atoms with Crippen molar-refractivity contribution in [2.75, 3.05) is 0 Å². The first-order valence-corrected chi connectivity index (χ1v) is 3.56. The van der Waals surface area contributed by atoms with Crippen molar-refractivity contribution in [3.05, 3.63) is 11.9 Å². The average Bonchev–Trinajstić information content (AvgIpc) is 2.34. The number of carbonyl (C=O) groups excluding carboxylic acids is 1. The van der Waals surface area contributed by atoms with E-state index in [0.29, 0.717) is 5.70 Å². The smallest absolute Gasteiger partial charge is 0.202 e. The number of carbonyl (C=O) groups is 1. The largest absolute Gasteiger partial charge is 0.357 e. The molecule has 3 N–H and O–H groups in total. The maximum atomic E-state index is 11.2. The molecule has 0 saturated carbocycles. The van der Waals surface area contributed by atoms with Gasteiger partial charge in [0.25, 0.3) is 0 Å². The highest BCUT2D eigenvalue weighted by atomic mass is 16.3. The van der Waals surface area contributed by atoms with E-state index in [0.717, 1.165) is 0 Å². The van der Waals surface area contributed by atoms with E-state index in [2.05, 4.69) is 10.6 Å². The second kappa shape index (κ2) is 2.92. The summed E-state index contributed by atoms with van der Waals surface area (Å²) in [5.41, 5.74) is 0.451. The average molecular weight is 156 g/mol. The number of nitrogens with one attached hydrogen (secondary N) is 2. The lowest BCUT2D eigenvalue weighted by Gasteiger charge is -2.07. The van der Waals surface area contributed by atoms with Gasteiger partial charge < -0.3 is 15.7 Å². The van der Waals surface area contributed by atoms with Gasteiger partial charge >= 0.3 is 0 Å². The summed E-state index contributed by atoms with van der Waals surface area (Å²) in [6, 6.07) is 0. The Hall–Kier alpha value is -1.03. The van der Waals surface area contributed by atoms with E-state index in [4.69, 9.17) is 5.11 Å². The number of hydrogen-bond acceptors (Lipinski definition) is 4. The molecule has 1 atom stereocenters. The van der Waals surface area contributed by atoms with Gasteiger partial charge in [-0.3, -0.25) is 4.79 Å². The number of hydrogen-bond donors (Lipinski definition) is 3. The molecule has 0 spiro atoms. The van der Waals surface area contributed by atoms with Gasteiger partial charge in [0.15, 0.2) is 5.78 Å². The highest BCUT2D eigenvalue weighted by molar-refractivity contribution is 5.96. The first-order chi connectivity index (χ1) is 5.11. The SMILES string of the molecule is CC(C)C(=O)C1=CNC(O)N1. The first-order valence-electron chi connectivity index (χ1n) is 3.56. The van der Waals surface area contributed by atoms with Gasteiger partial charge in [0.1, 0.15) is 0 Å². The zero-order chi connectivity index (χ0) is 8.43. The fraction of sp³-hybridized carbons (Fsp3) is 0.571. The third kappa shape index (κ3) is 1.71. The van der Waals surface area contributed by atoms with E-state index in [1.807, 2.05) is 13.8 Å². The van der Waals surface area contributed by atoms with Crippen molar-refractivity contribution in [1.82, 2.24) is 10.6 Å². The van der Waals surface area contributed by atoms with Crippen LogP contribution in [0.3, 0.4) is 0 Å². The summed E-state index contributed by atoms with van der Waals surface area (Å²) in [6.07, 6.45) is 0.681. The quantitative estimate of drug-likeness (QED) is 0.505. The number of aliphatic hydroxyl groups is 1. The lowest BCUT2D eigenvalue weighted by atomic mass is 10.1. The Morgan fingerprint density at radius 1 is 1.73 bits per heavy atom. The Balaban J connectivity index is 2.56. The van der Waals surface area contributed by atoms with Crippen molar-refractivity contribution >= 4 is 5.78 Å². The summed E-state index contributed by atoms with van der Waals surface area (Å²) >= 11 is 0. The second-order valence-electron chi connectivity index (χ2n) is 2.79. The van der Waals surface area contributed by atoms with E-state index in [1.54, 1.807) is 0 Å². The lowest BCUT2D eigenvalue weighted by Crippen LogP contribution is -2.33. The molecule has 0 aromatic carbocycles. The van der Waals surface area contributed by atoms with E-state index < -0.39 is 6.35 Å². The third-order valence-electron chi connectivity index (χ3n) is 1.47. The Bertz CT molecular complexity index is 199. The van der Waals surface area contributed by atoms with Gasteiger partial charge in [-0.1, -0.05) is 13.8 Å². The molecule has 0 radical (unpaired) electrons. The first kappa shape index (κ1) is 8.07. The summed E-state index contributed by atoms with van der Waals surface area (Å²) in [7, 11) is 0. The molecule has 0 aliphatic carbocycles. The zero-order valence-electron chi connectivity index (χ0n) is 6.59. The fourth-order valence-electron chi connectivity index (χ4n) is 0.846. The van der Waals surface area contributed by atoms with Crippen molar-refractivity contribution in [1.29, 1.82) is 0 Å². The second-order valence-corrected chi connectivity index (χ2v) is 2.79. The molecule has 1 aliphatic heterocycles. The Labute approximate surface area is 65.3 Å². The lowest BCUT2D eigenvalue weighted by molar-refractivity contribution is -0.118. The summed E-state index contributed by atoms with van der Waals surface area (Å²) in [5.74, 6) is -0.0325. The summed E-state index contributed by atoms with van der Waals surface area (Å²) in [6.45, 7) is 3.63. The summed E-state index contributed by atoms with van der Waals surface area (Å²) in [5, 5.41) is 14.1. The molecule has 0 aromatic rings. The minimum atomic E-state index is -0.812. The number of Topliss-reactive ketones (excluding diaryl/α,β-unsaturated/α-hetero) is 1. The molecule has 0 fully saturated rings. The zero-order valence-corrected chi connectivity index (χ0v) is 6.59. The fourth-order valence-corrected chi connectivity index (χ4v) is 0.846. The predicted octanol–water partition coefficient (Wildman–Crippen LogP) is -0.478. The van der Waals surface area contributed by atoms with Crippen LogP contribution >= 0.6 is 0 Å². The Morgan fingerprint density at radius 3 is 2.73 bits per heavy atom. The van der Waals surface area contributed by atoms with E-state index >= 15 is 0 Å². The van der Waals surface area contributed by atoms with Crippen LogP contribution in [0.1, 0.15) is 13.8 Å². The Kier molecular flexibility index (Phi) is 2.14. The van der Waals surface area contributed by atoms with Gasteiger partial charge in [0.05, 0.1) is 5.70 Å². The third-order valence-corrected chi connectivity index (χ3v) is 1.47. The van der Waals surface area contributed by atoms with Gasteiger partial charge in [-0.25, -0.2) is 0 Å². The highest BCUT2D eigenvalue weighted by Gasteiger charge is 2.19. The van der Waals surface area contributed by atoms with Gasteiger partial charge in [-0.2, -0.15) is 0 Å². The van der Waals surface area contributed by atoms with Crippen LogP contribution < -0.4 is 10.6 Å². The number of aliphatic hydroxyl groups excluding tert-OH is 1. The Morgan fingerprint density at radius 2 is 2.36 bits per heavy atom. The maximum Gasteiger partial charge on any atom is 0.202 e. The van der Waals surface area contributed by atoms with Crippen LogP contribution in [-0.2, 0) is 4.79 Å². The minimum Gasteiger partial charge on any atom is -0.357 e. The summed E-state index contributed by atoms with van der Waals surface area (Å²) in [4.78, 5) is 11.2. The van der Waals surface area contributed by atoms with Crippen LogP contribution in [-0.4, -0.2) is 17.2 Å². The van der Waals surface area contributed by atoms with Gasteiger partial charge in [-0.05, 0) is 0 Å². The number of allylic oxidation sites excluding steroid dienone is 1. The standard InChI is InChI=1S/C7H12N2O2/c1-4(2)6(10)5-3-8-7(11)9-5/h3-4,7-9,11H,1-2H3. The van der Waals surface area contributed by atoms with Crippen molar-refractivity contribution in [3.63, 3.8) is 0 Å². The molecule has 1 rings (SSSR count). The van der Waals surface area contributed by atoms with Crippen LogP contribution in [0.4, 0.5) is 0 Å². The maximum absolute atomic E-state index is 11.2. The van der Waals surface area contributed by atoms with E-state index in [-0.39, 0.29) is 11.7 Å². The normalized spacial score (nSPS) is 22.5. The van der Waals surface area contributed by atoms with E-state index in [1.165, 1.54) is 6.20 Å². The molecular weight excluding hydrogens is 144 g/mol. The summed E-state index contributed by atoms with van der Waals surface area (Å²) < 4.78 is 0. The molecule has 4 nitrogen and oxygen atoms in total. The number of ketones is 1. The van der Waals surface area contributed by atoms with E-state index in [9.17, 15) is 4.79 Å². The number of rotatable bonds is 2. The molecule has 62 valence electrons. The molecule has 11 heavy (non-hydrogen) atoms. The van der Waals surface area contributed by atoms with Crippen LogP contribution in [0.15, 0.2) is 11.9 Å². The van der Waals surface area contributed by atoms with Crippen LogP contribution in [0, 0.1) is 5.92 Å². The van der Waals surface area contributed by atoms with Gasteiger partial charge in [0, 0.05) is 12.1 Å². The van der Waals surface area contributed by atoms with Crippen LogP contribution in [0.5, 0.6) is 0 Å². The van der Waals surface area contributed by atoms with Crippen LogP contribution in [0.2, 0.25) is 0 Å². The molecule has 1 aliphatic rings. The molecule has 4 heteroatoms. The van der Waals surface area contributed by atoms with Crippen molar-refractivity contribution in [3.8, 4) is 0 Å². The highest BCUT2D eigenvalue weighted by Crippen LogP contribution is 2.05. The van der Waals surface area contributed by atoms with Gasteiger partial charge in [-0.15, -0.1) is 0 Å². The van der Waals surface area contributed by atoms with Crippen molar-refractivity contribution in [2.24, 2.45) is 5.92 Å². The minimum absolute atomic E-state index is 0.00838. The molecule has 0 aromatic heterocycles. The monoisotopic (exact) mass is 156 g/mol. The molecule has 1 unspecified atom stereocenters. The molecule has 0 amide bonds. The molecule has 0 saturated heterocycles. The van der Waals surface area contributed by atoms with Crippen molar-refractivity contribution < 1.29 is 9.90 Å². The molecular formula is C7H12N2O2. The van der Waals surface area contributed by atoms with Crippen LogP contribution in [0.25, 0.3) is 0 Å². The molecule has 0 bridgehead atoms. The predicted molar refractivity (Wildman–Crippen MR) is 40.2 cm³/mol. The van der Waals surface area contributed by atoms with Crippen molar-refractivity contribution in [2.45, 2.75) is 20.2 Å². The van der Waals surface area contributed by atoms with Gasteiger partial charge in [0.2, 0.25) is 6.35 Å².